The van der Waals surface area contributed by atoms with Crippen molar-refractivity contribution in [2.24, 2.45) is 0 Å². The summed E-state index contributed by atoms with van der Waals surface area (Å²) < 4.78 is 20.2. The van der Waals surface area contributed by atoms with E-state index in [9.17, 15) is 9.18 Å². The van der Waals surface area contributed by atoms with Crippen LogP contribution in [-0.4, -0.2) is 40.5 Å². The van der Waals surface area contributed by atoms with Gasteiger partial charge in [-0.25, -0.2) is 14.2 Å². The van der Waals surface area contributed by atoms with Gasteiger partial charge in [-0.05, 0) is 37.1 Å². The molecule has 0 unspecified atom stereocenters. The first kappa shape index (κ1) is 20.2. The van der Waals surface area contributed by atoms with Crippen LogP contribution in [0, 0.1) is 5.82 Å². The van der Waals surface area contributed by atoms with Crippen LogP contribution in [0.15, 0.2) is 54.6 Å². The molecule has 0 aliphatic carbocycles. The Bertz CT molecular complexity index is 1120. The van der Waals surface area contributed by atoms with E-state index in [0.29, 0.717) is 30.4 Å². The first-order chi connectivity index (χ1) is 15.7. The molecule has 7 nitrogen and oxygen atoms in total. The molecule has 164 valence electrons. The molecule has 8 heteroatoms. The summed E-state index contributed by atoms with van der Waals surface area (Å²) in [7, 11) is 0. The van der Waals surface area contributed by atoms with Crippen LogP contribution < -0.4 is 15.0 Å². The van der Waals surface area contributed by atoms with Crippen LogP contribution >= 0.6 is 0 Å². The second-order valence-corrected chi connectivity index (χ2v) is 7.95. The summed E-state index contributed by atoms with van der Waals surface area (Å²) in [6.45, 7) is 2.60. The van der Waals surface area contributed by atoms with Crippen molar-refractivity contribution in [3.8, 4) is 11.6 Å². The van der Waals surface area contributed by atoms with E-state index >= 15 is 0 Å². The number of nitrogens with one attached hydrogen (secondary N) is 1. The molecule has 0 bridgehead atoms. The Morgan fingerprint density at radius 2 is 1.72 bits per heavy atom. The number of halogens is 1. The normalized spacial score (nSPS) is 15.4. The summed E-state index contributed by atoms with van der Waals surface area (Å²) in [4.78, 5) is 26.1. The fraction of sp³-hybridized carbons (Fsp3) is 0.292. The second-order valence-electron chi connectivity index (χ2n) is 7.95. The number of ether oxygens (including phenoxy) is 1. The summed E-state index contributed by atoms with van der Waals surface area (Å²) in [5, 5.41) is 2.91. The molecule has 3 aromatic rings. The molecule has 1 fully saturated rings. The zero-order valence-electron chi connectivity index (χ0n) is 17.6. The van der Waals surface area contributed by atoms with Crippen molar-refractivity contribution in [2.45, 2.75) is 25.8 Å². The lowest BCUT2D eigenvalue weighted by atomic mass is 10.1. The van der Waals surface area contributed by atoms with Crippen LogP contribution in [0.4, 0.5) is 20.8 Å². The van der Waals surface area contributed by atoms with Crippen molar-refractivity contribution >= 4 is 17.7 Å². The highest BCUT2D eigenvalue weighted by atomic mass is 19.1. The van der Waals surface area contributed by atoms with E-state index in [0.717, 1.165) is 37.3 Å². The number of hydrogen-bond acceptors (Lipinski definition) is 5. The van der Waals surface area contributed by atoms with Gasteiger partial charge in [-0.3, -0.25) is 0 Å². The lowest BCUT2D eigenvalue weighted by Crippen LogP contribution is -2.39. The number of benzene rings is 2. The zero-order valence-corrected chi connectivity index (χ0v) is 17.6. The monoisotopic (exact) mass is 433 g/mol. The Kier molecular flexibility index (Phi) is 5.58. The SMILES string of the molecule is O=C(Nc1ccccc1)N1CCc2nc(N3CCCC3)nc(Oc3ccccc3F)c2C1. The van der Waals surface area contributed by atoms with E-state index in [1.807, 2.05) is 30.3 Å². The molecule has 2 aliphatic heterocycles. The molecule has 0 saturated carbocycles. The van der Waals surface area contributed by atoms with Gasteiger partial charge < -0.3 is 19.9 Å². The van der Waals surface area contributed by atoms with Gasteiger partial charge in [-0.15, -0.1) is 0 Å². The number of urea groups is 1. The van der Waals surface area contributed by atoms with Gasteiger partial charge in [0.25, 0.3) is 0 Å². The van der Waals surface area contributed by atoms with Crippen LogP contribution in [0.5, 0.6) is 11.6 Å². The molecule has 1 aromatic heterocycles. The number of aromatic nitrogens is 2. The molecule has 3 heterocycles. The lowest BCUT2D eigenvalue weighted by molar-refractivity contribution is 0.205. The van der Waals surface area contributed by atoms with Gasteiger partial charge in [0.15, 0.2) is 11.6 Å². The number of rotatable bonds is 4. The second kappa shape index (κ2) is 8.82. The number of carbonyl (C=O) groups is 1. The first-order valence-electron chi connectivity index (χ1n) is 10.9. The highest BCUT2D eigenvalue weighted by molar-refractivity contribution is 5.89. The van der Waals surface area contributed by atoms with E-state index in [4.69, 9.17) is 9.72 Å². The Morgan fingerprint density at radius 1 is 0.969 bits per heavy atom. The minimum atomic E-state index is -0.461. The quantitative estimate of drug-likeness (QED) is 0.651. The number of nitrogens with zero attached hydrogens (tertiary/aromatic N) is 4. The van der Waals surface area contributed by atoms with Crippen LogP contribution in [0.25, 0.3) is 0 Å². The largest absolute Gasteiger partial charge is 0.435 e. The number of carbonyl (C=O) groups excluding carboxylic acids is 1. The minimum absolute atomic E-state index is 0.103. The molecule has 1 saturated heterocycles. The molecule has 2 amide bonds. The molecule has 0 radical (unpaired) electrons. The van der Waals surface area contributed by atoms with Crippen molar-refractivity contribution in [3.63, 3.8) is 0 Å². The Balaban J connectivity index is 1.45. The van der Waals surface area contributed by atoms with Crippen molar-refractivity contribution in [2.75, 3.05) is 29.9 Å². The van der Waals surface area contributed by atoms with Crippen LogP contribution in [0.1, 0.15) is 24.1 Å². The number of fused-ring (bicyclic) bond motifs is 1. The number of amides is 2. The third-order valence-corrected chi connectivity index (χ3v) is 5.75. The van der Waals surface area contributed by atoms with Gasteiger partial charge in [0, 0.05) is 31.7 Å². The first-order valence-corrected chi connectivity index (χ1v) is 10.9. The van der Waals surface area contributed by atoms with Gasteiger partial charge in [0.1, 0.15) is 0 Å². The van der Waals surface area contributed by atoms with Crippen molar-refractivity contribution in [1.82, 2.24) is 14.9 Å². The summed E-state index contributed by atoms with van der Waals surface area (Å²) >= 11 is 0. The molecule has 0 atom stereocenters. The predicted octanol–water partition coefficient (Wildman–Crippen LogP) is 4.60. The third kappa shape index (κ3) is 4.21. The van der Waals surface area contributed by atoms with Gasteiger partial charge >= 0.3 is 6.03 Å². The zero-order chi connectivity index (χ0) is 21.9. The van der Waals surface area contributed by atoms with Crippen LogP contribution in [0.3, 0.4) is 0 Å². The van der Waals surface area contributed by atoms with Crippen molar-refractivity contribution in [3.05, 3.63) is 71.7 Å². The number of hydrogen-bond donors (Lipinski definition) is 1. The average molecular weight is 433 g/mol. The van der Waals surface area contributed by atoms with Crippen molar-refractivity contribution < 1.29 is 13.9 Å². The molecule has 2 aromatic carbocycles. The van der Waals surface area contributed by atoms with Gasteiger partial charge in [0.05, 0.1) is 17.8 Å². The third-order valence-electron chi connectivity index (χ3n) is 5.75. The minimum Gasteiger partial charge on any atom is -0.435 e. The van der Waals surface area contributed by atoms with Gasteiger partial charge in [-0.2, -0.15) is 4.98 Å². The summed E-state index contributed by atoms with van der Waals surface area (Å²) in [5.41, 5.74) is 2.29. The summed E-state index contributed by atoms with van der Waals surface area (Å²) in [5.74, 6) is 0.553. The Labute approximate surface area is 185 Å². The Hall–Kier alpha value is -3.68. The fourth-order valence-electron chi connectivity index (χ4n) is 4.04. The number of para-hydroxylation sites is 2. The Morgan fingerprint density at radius 3 is 2.50 bits per heavy atom. The molecule has 0 spiro atoms. The standard InChI is InChI=1S/C24H24FN5O2/c25-19-10-4-5-11-21(19)32-22-18-16-30(24(31)26-17-8-2-1-3-9-17)15-12-20(18)27-23(28-22)29-13-6-7-14-29/h1-5,8-11H,6-7,12-16H2,(H,26,31). The van der Waals surface area contributed by atoms with E-state index in [-0.39, 0.29) is 18.3 Å². The molecular weight excluding hydrogens is 409 g/mol. The molecule has 32 heavy (non-hydrogen) atoms. The van der Waals surface area contributed by atoms with E-state index in [1.54, 1.807) is 23.1 Å². The van der Waals surface area contributed by atoms with E-state index in [1.165, 1.54) is 6.07 Å². The van der Waals surface area contributed by atoms with Gasteiger partial charge in [-0.1, -0.05) is 30.3 Å². The maximum absolute atomic E-state index is 14.3. The smallest absolute Gasteiger partial charge is 0.322 e. The van der Waals surface area contributed by atoms with E-state index < -0.39 is 5.82 Å². The molecule has 5 rings (SSSR count). The molecule has 1 N–H and O–H groups in total. The highest BCUT2D eigenvalue weighted by Gasteiger charge is 2.28. The van der Waals surface area contributed by atoms with Crippen LogP contribution in [0.2, 0.25) is 0 Å². The molecule has 2 aliphatic rings. The van der Waals surface area contributed by atoms with E-state index in [2.05, 4.69) is 15.2 Å². The lowest BCUT2D eigenvalue weighted by Gasteiger charge is -2.30. The fourth-order valence-corrected chi connectivity index (χ4v) is 4.04. The number of anilines is 2. The topological polar surface area (TPSA) is 70.6 Å². The maximum Gasteiger partial charge on any atom is 0.322 e. The summed E-state index contributed by atoms with van der Waals surface area (Å²) in [6.07, 6.45) is 2.77. The maximum atomic E-state index is 14.3. The van der Waals surface area contributed by atoms with Crippen molar-refractivity contribution in [1.29, 1.82) is 0 Å². The average Bonchev–Trinajstić information content (AvgIpc) is 3.36. The summed E-state index contributed by atoms with van der Waals surface area (Å²) in [6, 6.07) is 15.4. The van der Waals surface area contributed by atoms with Crippen LogP contribution in [-0.2, 0) is 13.0 Å². The molecular formula is C24H24FN5O2. The highest BCUT2D eigenvalue weighted by Crippen LogP contribution is 2.33. The predicted molar refractivity (Wildman–Crippen MR) is 120 cm³/mol. The van der Waals surface area contributed by atoms with Gasteiger partial charge in [0.2, 0.25) is 11.8 Å².